The van der Waals surface area contributed by atoms with Gasteiger partial charge in [0.15, 0.2) is 11.0 Å². The Morgan fingerprint density at radius 3 is 2.63 bits per heavy atom. The first kappa shape index (κ1) is 25.0. The number of hydrogen-bond donors (Lipinski definition) is 1. The van der Waals surface area contributed by atoms with E-state index in [4.69, 9.17) is 0 Å². The predicted molar refractivity (Wildman–Crippen MR) is 136 cm³/mol. The van der Waals surface area contributed by atoms with E-state index in [0.717, 1.165) is 36.9 Å². The van der Waals surface area contributed by atoms with Crippen LogP contribution in [0.15, 0.2) is 29.4 Å². The number of nitriles is 1. The van der Waals surface area contributed by atoms with E-state index in [1.165, 1.54) is 17.8 Å². The molecule has 0 radical (unpaired) electrons. The van der Waals surface area contributed by atoms with Crippen LogP contribution in [0.3, 0.4) is 0 Å². The molecule has 0 spiro atoms. The normalized spacial score (nSPS) is 14.0. The second-order valence-electron chi connectivity index (χ2n) is 9.48. The number of benzene rings is 1. The fourth-order valence-electron chi connectivity index (χ4n) is 4.77. The Morgan fingerprint density at radius 2 is 1.97 bits per heavy atom. The quantitative estimate of drug-likeness (QED) is 0.395. The van der Waals surface area contributed by atoms with Crippen LogP contribution in [0.2, 0.25) is 0 Å². The standard InChI is InChI=1S/C26H31FN6OS/c1-16(2)14-32-25(20-11-7-8-12-22(20)27)30-31-26(32)35-15-23(34)29-24-21(13-28)17(3)18(4)33(24)19-9-5-6-10-19/h7-8,11-12,16,19H,5-6,9-10,14-15H2,1-4H3,(H,29,34). The zero-order valence-electron chi connectivity index (χ0n) is 20.6. The third kappa shape index (κ3) is 5.13. The Hall–Kier alpha value is -3.12. The minimum atomic E-state index is -0.360. The van der Waals surface area contributed by atoms with E-state index < -0.39 is 0 Å². The van der Waals surface area contributed by atoms with E-state index in [9.17, 15) is 14.4 Å². The van der Waals surface area contributed by atoms with Gasteiger partial charge >= 0.3 is 0 Å². The second-order valence-corrected chi connectivity index (χ2v) is 10.4. The van der Waals surface area contributed by atoms with Gasteiger partial charge in [-0.2, -0.15) is 5.26 Å². The summed E-state index contributed by atoms with van der Waals surface area (Å²) in [5.74, 6) is 0.857. The van der Waals surface area contributed by atoms with Crippen molar-refractivity contribution in [3.05, 3.63) is 46.9 Å². The zero-order chi connectivity index (χ0) is 25.1. The van der Waals surface area contributed by atoms with Gasteiger partial charge in [0.2, 0.25) is 5.91 Å². The first-order chi connectivity index (χ1) is 16.8. The number of halogens is 1. The molecule has 1 saturated carbocycles. The molecule has 7 nitrogen and oxygen atoms in total. The number of thioether (sulfide) groups is 1. The van der Waals surface area contributed by atoms with Crippen LogP contribution in [0.5, 0.6) is 0 Å². The number of hydrogen-bond acceptors (Lipinski definition) is 5. The average molecular weight is 495 g/mol. The van der Waals surface area contributed by atoms with Crippen LogP contribution in [-0.4, -0.2) is 31.0 Å². The van der Waals surface area contributed by atoms with Crippen LogP contribution in [0.25, 0.3) is 11.4 Å². The molecule has 0 aliphatic heterocycles. The van der Waals surface area contributed by atoms with Crippen LogP contribution >= 0.6 is 11.8 Å². The smallest absolute Gasteiger partial charge is 0.235 e. The number of carbonyl (C=O) groups excluding carboxylic acids is 1. The van der Waals surface area contributed by atoms with Gasteiger partial charge in [0, 0.05) is 18.3 Å². The van der Waals surface area contributed by atoms with Crippen LogP contribution < -0.4 is 5.32 Å². The van der Waals surface area contributed by atoms with Crippen molar-refractivity contribution in [3.8, 4) is 17.5 Å². The van der Waals surface area contributed by atoms with Crippen LogP contribution in [0.4, 0.5) is 10.2 Å². The lowest BCUT2D eigenvalue weighted by Gasteiger charge is -2.19. The summed E-state index contributed by atoms with van der Waals surface area (Å²) in [6.07, 6.45) is 4.41. The zero-order valence-corrected chi connectivity index (χ0v) is 21.5. The molecule has 1 aliphatic carbocycles. The van der Waals surface area contributed by atoms with E-state index in [1.807, 2.05) is 18.4 Å². The maximum absolute atomic E-state index is 14.4. The van der Waals surface area contributed by atoms with Gasteiger partial charge in [0.25, 0.3) is 0 Å². The largest absolute Gasteiger partial charge is 0.327 e. The van der Waals surface area contributed by atoms with Gasteiger partial charge in [-0.15, -0.1) is 10.2 Å². The van der Waals surface area contributed by atoms with Gasteiger partial charge in [0.05, 0.1) is 16.9 Å². The van der Waals surface area contributed by atoms with Crippen LogP contribution in [-0.2, 0) is 11.3 Å². The van der Waals surface area contributed by atoms with E-state index >= 15 is 0 Å². The predicted octanol–water partition coefficient (Wildman–Crippen LogP) is 5.88. The van der Waals surface area contributed by atoms with E-state index in [0.29, 0.717) is 40.5 Å². The fraction of sp³-hybridized carbons (Fsp3) is 0.462. The molecule has 2 aromatic heterocycles. The molecule has 0 atom stereocenters. The van der Waals surface area contributed by atoms with Gasteiger partial charge in [-0.25, -0.2) is 4.39 Å². The number of rotatable bonds is 8. The summed E-state index contributed by atoms with van der Waals surface area (Å²) >= 11 is 1.26. The SMILES string of the molecule is Cc1c(C#N)c(NC(=O)CSc2nnc(-c3ccccc3F)n2CC(C)C)n(C2CCCC2)c1C. The molecule has 0 bridgehead atoms. The molecule has 35 heavy (non-hydrogen) atoms. The third-order valence-corrected chi connectivity index (χ3v) is 7.49. The Bertz CT molecular complexity index is 1270. The van der Waals surface area contributed by atoms with Crippen molar-refractivity contribution in [3.63, 3.8) is 0 Å². The molecule has 0 unspecified atom stereocenters. The van der Waals surface area contributed by atoms with Gasteiger partial charge in [-0.05, 0) is 50.3 Å². The lowest BCUT2D eigenvalue weighted by molar-refractivity contribution is -0.113. The highest BCUT2D eigenvalue weighted by Crippen LogP contribution is 2.38. The lowest BCUT2D eigenvalue weighted by Crippen LogP contribution is -2.20. The molecule has 1 fully saturated rings. The molecular weight excluding hydrogens is 463 g/mol. The van der Waals surface area contributed by atoms with Gasteiger partial charge in [-0.3, -0.25) is 4.79 Å². The summed E-state index contributed by atoms with van der Waals surface area (Å²) in [5, 5.41) is 21.9. The Morgan fingerprint density at radius 1 is 1.26 bits per heavy atom. The topological polar surface area (TPSA) is 88.5 Å². The third-order valence-electron chi connectivity index (χ3n) is 6.53. The number of nitrogens with one attached hydrogen (secondary N) is 1. The monoisotopic (exact) mass is 494 g/mol. The number of carbonyl (C=O) groups is 1. The Kier molecular flexibility index (Phi) is 7.60. The number of anilines is 1. The van der Waals surface area contributed by atoms with Crippen LogP contribution in [0.1, 0.15) is 62.4 Å². The summed E-state index contributed by atoms with van der Waals surface area (Å²) in [5.41, 5.74) is 2.85. The van der Waals surface area contributed by atoms with Crippen molar-refractivity contribution in [1.29, 1.82) is 5.26 Å². The van der Waals surface area contributed by atoms with Crippen molar-refractivity contribution >= 4 is 23.5 Å². The highest BCUT2D eigenvalue weighted by atomic mass is 32.2. The van der Waals surface area contributed by atoms with E-state index in [-0.39, 0.29) is 23.4 Å². The summed E-state index contributed by atoms with van der Waals surface area (Å²) in [6, 6.07) is 9.08. The number of nitrogens with zero attached hydrogens (tertiary/aromatic N) is 5. The second kappa shape index (κ2) is 10.6. The van der Waals surface area contributed by atoms with Gasteiger partial charge in [-0.1, -0.05) is 50.6 Å². The fourth-order valence-corrected chi connectivity index (χ4v) is 5.52. The maximum atomic E-state index is 14.4. The van der Waals surface area contributed by atoms with Crippen molar-refractivity contribution in [1.82, 2.24) is 19.3 Å². The molecule has 184 valence electrons. The van der Waals surface area contributed by atoms with Crippen molar-refractivity contribution in [2.24, 2.45) is 5.92 Å². The highest BCUT2D eigenvalue weighted by Gasteiger charge is 2.27. The molecular formula is C26H31FN6OS. The molecule has 4 rings (SSSR count). The summed E-state index contributed by atoms with van der Waals surface area (Å²) in [7, 11) is 0. The molecule has 1 amide bonds. The van der Waals surface area contributed by atoms with Crippen molar-refractivity contribution < 1.29 is 9.18 Å². The minimum Gasteiger partial charge on any atom is -0.327 e. The summed E-state index contributed by atoms with van der Waals surface area (Å²) in [4.78, 5) is 13.0. The molecule has 1 aromatic carbocycles. The Labute approximate surface area is 209 Å². The van der Waals surface area contributed by atoms with Crippen molar-refractivity contribution in [2.75, 3.05) is 11.1 Å². The molecule has 9 heteroatoms. The summed E-state index contributed by atoms with van der Waals surface area (Å²) in [6.45, 7) is 8.68. The number of amides is 1. The number of aromatic nitrogens is 4. The highest BCUT2D eigenvalue weighted by molar-refractivity contribution is 7.99. The summed E-state index contributed by atoms with van der Waals surface area (Å²) < 4.78 is 18.5. The molecule has 2 heterocycles. The minimum absolute atomic E-state index is 0.103. The first-order valence-electron chi connectivity index (χ1n) is 12.0. The lowest BCUT2D eigenvalue weighted by atomic mass is 10.2. The van der Waals surface area contributed by atoms with Crippen molar-refractivity contribution in [2.45, 2.75) is 71.1 Å². The molecule has 1 aliphatic rings. The Balaban J connectivity index is 1.56. The van der Waals surface area contributed by atoms with Gasteiger partial charge in [0.1, 0.15) is 17.7 Å². The molecule has 3 aromatic rings. The average Bonchev–Trinajstić information content (AvgIpc) is 3.53. The molecule has 1 N–H and O–H groups in total. The van der Waals surface area contributed by atoms with Crippen LogP contribution in [0, 0.1) is 36.9 Å². The molecule has 0 saturated heterocycles. The maximum Gasteiger partial charge on any atom is 0.235 e. The van der Waals surface area contributed by atoms with E-state index in [1.54, 1.807) is 18.2 Å². The first-order valence-corrected chi connectivity index (χ1v) is 13.0. The van der Waals surface area contributed by atoms with E-state index in [2.05, 4.69) is 40.0 Å². The van der Waals surface area contributed by atoms with Gasteiger partial charge < -0.3 is 14.5 Å².